The normalized spacial score (nSPS) is 11.6. The van der Waals surface area contributed by atoms with E-state index in [0.717, 1.165) is 6.07 Å². The Balaban J connectivity index is 2.63. The number of benzene rings is 2. The van der Waals surface area contributed by atoms with Crippen molar-refractivity contribution in [2.45, 2.75) is 13.8 Å². The van der Waals surface area contributed by atoms with Crippen molar-refractivity contribution in [2.24, 2.45) is 11.1 Å². The summed E-state index contributed by atoms with van der Waals surface area (Å²) < 4.78 is 45.3. The Labute approximate surface area is 201 Å². The van der Waals surface area contributed by atoms with E-state index >= 15 is 8.78 Å². The third-order valence-electron chi connectivity index (χ3n) is 4.17. The highest BCUT2D eigenvalue weighted by Gasteiger charge is 2.27. The quantitative estimate of drug-likeness (QED) is 0.140. The second kappa shape index (κ2) is 12.7. The van der Waals surface area contributed by atoms with Gasteiger partial charge in [0.2, 0.25) is 0 Å². The van der Waals surface area contributed by atoms with Crippen LogP contribution in [0.1, 0.15) is 29.8 Å². The van der Waals surface area contributed by atoms with Crippen molar-refractivity contribution in [3.8, 4) is 0 Å². The maximum absolute atomic E-state index is 15.2. The Morgan fingerprint density at radius 3 is 2.39 bits per heavy atom. The summed E-state index contributed by atoms with van der Waals surface area (Å²) in [4.78, 5) is 22.4. The topological polar surface area (TPSA) is 112 Å². The molecule has 0 unspecified atom stereocenters. The molecule has 8 nitrogen and oxygen atoms in total. The molecule has 0 saturated carbocycles. The third-order valence-corrected chi connectivity index (χ3v) is 4.84. The van der Waals surface area contributed by atoms with Gasteiger partial charge in [-0.25, -0.2) is 18.7 Å². The third kappa shape index (κ3) is 7.03. The molecule has 0 atom stereocenters. The standard InChI is InChI=1S/C21H23F3IN3O5/c1-11(2)19(27-32-7-5-29)13-10-14(21(31)28-33-8-6-30)20(18(24)17(13)23)26-16-4-3-12(25)9-15(16)22/h3-4,9-11,26,29-30H,5-8H2,1-2H3,(H,28,31). The van der Waals surface area contributed by atoms with E-state index in [0.29, 0.717) is 3.57 Å². The minimum atomic E-state index is -1.45. The predicted molar refractivity (Wildman–Crippen MR) is 124 cm³/mol. The van der Waals surface area contributed by atoms with Crippen molar-refractivity contribution in [3.63, 3.8) is 0 Å². The molecule has 0 spiro atoms. The van der Waals surface area contributed by atoms with Crippen molar-refractivity contribution < 1.29 is 37.9 Å². The van der Waals surface area contributed by atoms with Crippen molar-refractivity contribution in [1.29, 1.82) is 0 Å². The zero-order valence-electron chi connectivity index (χ0n) is 17.8. The molecular formula is C21H23F3IN3O5. The smallest absolute Gasteiger partial charge is 0.277 e. The van der Waals surface area contributed by atoms with Crippen molar-refractivity contribution in [1.82, 2.24) is 5.48 Å². The second-order valence-corrected chi connectivity index (χ2v) is 8.16. The van der Waals surface area contributed by atoms with Crippen LogP contribution in [-0.2, 0) is 9.68 Å². The van der Waals surface area contributed by atoms with Gasteiger partial charge in [0.05, 0.1) is 42.5 Å². The SMILES string of the molecule is CC(C)C(=NOCCO)c1cc(C(=O)NOCCO)c(Nc2ccc(I)cc2F)c(F)c1F. The molecule has 2 rings (SSSR count). The molecule has 1 amide bonds. The first-order chi connectivity index (χ1) is 15.7. The van der Waals surface area contributed by atoms with E-state index in [1.165, 1.54) is 12.1 Å². The van der Waals surface area contributed by atoms with Crippen LogP contribution in [0.2, 0.25) is 0 Å². The highest BCUT2D eigenvalue weighted by Crippen LogP contribution is 2.31. The molecule has 0 heterocycles. The van der Waals surface area contributed by atoms with Crippen LogP contribution < -0.4 is 10.8 Å². The Morgan fingerprint density at radius 2 is 1.79 bits per heavy atom. The van der Waals surface area contributed by atoms with Gasteiger partial charge in [0.1, 0.15) is 12.4 Å². The molecule has 0 aromatic heterocycles. The summed E-state index contributed by atoms with van der Waals surface area (Å²) in [6, 6.07) is 5.07. The summed E-state index contributed by atoms with van der Waals surface area (Å²) in [5, 5.41) is 23.9. The summed E-state index contributed by atoms with van der Waals surface area (Å²) in [7, 11) is 0. The summed E-state index contributed by atoms with van der Waals surface area (Å²) in [5.41, 5.74) is 0.425. The number of hydrogen-bond acceptors (Lipinski definition) is 7. The van der Waals surface area contributed by atoms with Crippen LogP contribution in [0.4, 0.5) is 24.5 Å². The monoisotopic (exact) mass is 581 g/mol. The number of carbonyl (C=O) groups is 1. The fourth-order valence-electron chi connectivity index (χ4n) is 2.68. The first kappa shape index (κ1) is 26.8. The molecule has 0 aliphatic rings. The lowest BCUT2D eigenvalue weighted by atomic mass is 9.96. The average Bonchev–Trinajstić information content (AvgIpc) is 2.76. The molecule has 33 heavy (non-hydrogen) atoms. The van der Waals surface area contributed by atoms with Gasteiger partial charge in [0.25, 0.3) is 5.91 Å². The van der Waals surface area contributed by atoms with Crippen LogP contribution in [0.5, 0.6) is 0 Å². The van der Waals surface area contributed by atoms with Crippen LogP contribution >= 0.6 is 22.6 Å². The molecular weight excluding hydrogens is 558 g/mol. The van der Waals surface area contributed by atoms with Gasteiger partial charge in [0, 0.05) is 9.13 Å². The summed E-state index contributed by atoms with van der Waals surface area (Å²) >= 11 is 1.89. The Morgan fingerprint density at radius 1 is 1.09 bits per heavy atom. The van der Waals surface area contributed by atoms with Gasteiger partial charge in [0.15, 0.2) is 11.6 Å². The first-order valence-electron chi connectivity index (χ1n) is 9.79. The zero-order chi connectivity index (χ0) is 24.5. The van der Waals surface area contributed by atoms with Gasteiger partial charge in [-0.1, -0.05) is 19.0 Å². The number of hydrogen-bond donors (Lipinski definition) is 4. The molecule has 0 bridgehead atoms. The maximum Gasteiger partial charge on any atom is 0.277 e. The molecule has 12 heteroatoms. The summed E-state index contributed by atoms with van der Waals surface area (Å²) in [5.74, 6) is -4.96. The van der Waals surface area contributed by atoms with Crippen molar-refractivity contribution >= 4 is 45.6 Å². The molecule has 4 N–H and O–H groups in total. The molecule has 180 valence electrons. The Bertz CT molecular complexity index is 1020. The summed E-state index contributed by atoms with van der Waals surface area (Å²) in [6.07, 6.45) is 0. The van der Waals surface area contributed by atoms with E-state index in [-0.39, 0.29) is 36.8 Å². The van der Waals surface area contributed by atoms with E-state index in [4.69, 9.17) is 19.9 Å². The average molecular weight is 581 g/mol. The molecule has 0 saturated heterocycles. The van der Waals surface area contributed by atoms with E-state index in [9.17, 15) is 9.18 Å². The first-order valence-corrected chi connectivity index (χ1v) is 10.9. The molecule has 0 aliphatic carbocycles. The largest absolute Gasteiger partial charge is 0.394 e. The number of oxime groups is 1. The molecule has 2 aromatic rings. The molecule has 0 fully saturated rings. The summed E-state index contributed by atoms with van der Waals surface area (Å²) in [6.45, 7) is 2.14. The number of nitrogens with one attached hydrogen (secondary N) is 2. The number of carbonyl (C=O) groups excluding carboxylic acids is 1. The minimum Gasteiger partial charge on any atom is -0.394 e. The van der Waals surface area contributed by atoms with Gasteiger partial charge < -0.3 is 20.4 Å². The predicted octanol–water partition coefficient (Wildman–Crippen LogP) is 3.47. The highest BCUT2D eigenvalue weighted by atomic mass is 127. The van der Waals surface area contributed by atoms with Crippen LogP contribution in [0.3, 0.4) is 0 Å². The number of amides is 1. The molecule has 0 aliphatic heterocycles. The van der Waals surface area contributed by atoms with Gasteiger partial charge in [-0.2, -0.15) is 0 Å². The fraction of sp³-hybridized carbons (Fsp3) is 0.333. The lowest BCUT2D eigenvalue weighted by Gasteiger charge is -2.18. The number of hydroxylamine groups is 1. The van der Waals surface area contributed by atoms with E-state index < -0.39 is 47.1 Å². The van der Waals surface area contributed by atoms with E-state index in [1.54, 1.807) is 19.9 Å². The lowest BCUT2D eigenvalue weighted by Crippen LogP contribution is -2.27. The van der Waals surface area contributed by atoms with Gasteiger partial charge in [-0.05, 0) is 52.8 Å². The van der Waals surface area contributed by atoms with Crippen LogP contribution in [0, 0.1) is 26.9 Å². The molecule has 0 radical (unpaired) electrons. The molecule has 2 aromatic carbocycles. The van der Waals surface area contributed by atoms with Crippen molar-refractivity contribution in [3.05, 3.63) is 56.4 Å². The van der Waals surface area contributed by atoms with Gasteiger partial charge in [-0.3, -0.25) is 9.63 Å². The number of aliphatic hydroxyl groups is 2. The van der Waals surface area contributed by atoms with E-state index in [1.807, 2.05) is 28.1 Å². The number of nitrogens with zero attached hydrogens (tertiary/aromatic N) is 1. The highest BCUT2D eigenvalue weighted by molar-refractivity contribution is 14.1. The fourth-order valence-corrected chi connectivity index (χ4v) is 3.13. The maximum atomic E-state index is 15.2. The van der Waals surface area contributed by atoms with Crippen molar-refractivity contribution in [2.75, 3.05) is 31.7 Å². The van der Waals surface area contributed by atoms with Gasteiger partial charge >= 0.3 is 0 Å². The number of halogens is 4. The minimum absolute atomic E-state index is 0.0165. The zero-order valence-corrected chi connectivity index (χ0v) is 20.0. The van der Waals surface area contributed by atoms with Gasteiger partial charge in [-0.15, -0.1) is 0 Å². The lowest BCUT2D eigenvalue weighted by molar-refractivity contribution is 0.0168. The van der Waals surface area contributed by atoms with E-state index in [2.05, 4.69) is 10.5 Å². The number of anilines is 2. The van der Waals surface area contributed by atoms with Crippen LogP contribution in [0.25, 0.3) is 0 Å². The Kier molecular flexibility index (Phi) is 10.3. The second-order valence-electron chi connectivity index (χ2n) is 6.92. The van der Waals surface area contributed by atoms with Crippen LogP contribution in [-0.4, -0.2) is 48.3 Å². The van der Waals surface area contributed by atoms with Crippen LogP contribution in [0.15, 0.2) is 29.4 Å². The number of aliphatic hydroxyl groups excluding tert-OH is 2. The Hall–Kier alpha value is -2.42. The number of rotatable bonds is 11.